The third-order valence-corrected chi connectivity index (χ3v) is 5.07. The number of rotatable bonds is 5. The standard InChI is InChI=1S/C20H21F3N2O2/c21-20(22,23)17-7-2-1-6-16(17)18(13-15-5-3-4-10-24-15)25-11-8-14(9-12-25)19(26)27/h1-7,10,14,18H,8-9,11-13H2,(H,26,27). The summed E-state index contributed by atoms with van der Waals surface area (Å²) in [6.07, 6.45) is -1.62. The fourth-order valence-corrected chi connectivity index (χ4v) is 3.66. The number of carboxylic acids is 1. The quantitative estimate of drug-likeness (QED) is 0.848. The molecule has 0 radical (unpaired) electrons. The van der Waals surface area contributed by atoms with Gasteiger partial charge >= 0.3 is 12.1 Å². The van der Waals surface area contributed by atoms with Crippen LogP contribution in [0.1, 0.15) is 35.7 Å². The summed E-state index contributed by atoms with van der Waals surface area (Å²) in [4.78, 5) is 17.4. The van der Waals surface area contributed by atoms with Gasteiger partial charge in [-0.1, -0.05) is 24.3 Å². The van der Waals surface area contributed by atoms with Crippen LogP contribution in [-0.4, -0.2) is 34.0 Å². The van der Waals surface area contributed by atoms with Crippen LogP contribution in [0.15, 0.2) is 48.7 Å². The van der Waals surface area contributed by atoms with Crippen molar-refractivity contribution in [1.29, 1.82) is 0 Å². The van der Waals surface area contributed by atoms with Crippen LogP contribution in [0.3, 0.4) is 0 Å². The second-order valence-electron chi connectivity index (χ2n) is 6.77. The first kappa shape index (κ1) is 19.4. The lowest BCUT2D eigenvalue weighted by Crippen LogP contribution is -2.40. The molecule has 144 valence electrons. The zero-order chi connectivity index (χ0) is 19.4. The predicted octanol–water partition coefficient (Wildman–Crippen LogP) is 4.18. The van der Waals surface area contributed by atoms with Gasteiger partial charge in [0.15, 0.2) is 0 Å². The first-order chi connectivity index (χ1) is 12.9. The topological polar surface area (TPSA) is 53.4 Å². The number of alkyl halides is 3. The highest BCUT2D eigenvalue weighted by Crippen LogP contribution is 2.38. The van der Waals surface area contributed by atoms with E-state index in [1.54, 1.807) is 24.4 Å². The summed E-state index contributed by atoms with van der Waals surface area (Å²) in [5, 5.41) is 9.19. The van der Waals surface area contributed by atoms with Crippen molar-refractivity contribution < 1.29 is 23.1 Å². The summed E-state index contributed by atoms with van der Waals surface area (Å²) in [6, 6.07) is 10.5. The molecular weight excluding hydrogens is 357 g/mol. The van der Waals surface area contributed by atoms with Crippen molar-refractivity contribution in [3.8, 4) is 0 Å². The molecule has 1 saturated heterocycles. The monoisotopic (exact) mass is 378 g/mol. The van der Waals surface area contributed by atoms with Crippen molar-refractivity contribution in [3.63, 3.8) is 0 Å². The number of carbonyl (C=O) groups is 1. The molecular formula is C20H21F3N2O2. The Morgan fingerprint density at radius 3 is 2.41 bits per heavy atom. The highest BCUT2D eigenvalue weighted by molar-refractivity contribution is 5.70. The van der Waals surface area contributed by atoms with Crippen molar-refractivity contribution in [1.82, 2.24) is 9.88 Å². The number of halogens is 3. The van der Waals surface area contributed by atoms with Gasteiger partial charge < -0.3 is 5.11 Å². The molecule has 1 fully saturated rings. The number of aromatic nitrogens is 1. The molecule has 0 spiro atoms. The number of aliphatic carboxylic acids is 1. The lowest BCUT2D eigenvalue weighted by Gasteiger charge is -2.37. The molecule has 0 bridgehead atoms. The molecule has 7 heteroatoms. The average Bonchev–Trinajstić information content (AvgIpc) is 2.66. The minimum atomic E-state index is -4.45. The van der Waals surface area contributed by atoms with Gasteiger partial charge in [0, 0.05) is 24.4 Å². The van der Waals surface area contributed by atoms with Gasteiger partial charge in [-0.2, -0.15) is 13.2 Å². The maximum absolute atomic E-state index is 13.6. The number of hydrogen-bond acceptors (Lipinski definition) is 3. The third-order valence-electron chi connectivity index (χ3n) is 5.07. The van der Waals surface area contributed by atoms with Crippen molar-refractivity contribution in [2.24, 2.45) is 5.92 Å². The van der Waals surface area contributed by atoms with Gasteiger partial charge in [-0.15, -0.1) is 0 Å². The maximum Gasteiger partial charge on any atom is 0.416 e. The van der Waals surface area contributed by atoms with Gasteiger partial charge in [0.2, 0.25) is 0 Å². The smallest absolute Gasteiger partial charge is 0.416 e. The van der Waals surface area contributed by atoms with E-state index in [1.165, 1.54) is 12.1 Å². The minimum absolute atomic E-state index is 0.212. The van der Waals surface area contributed by atoms with Gasteiger partial charge in [-0.05, 0) is 49.7 Å². The van der Waals surface area contributed by atoms with Crippen LogP contribution in [0, 0.1) is 5.92 Å². The molecule has 0 saturated carbocycles. The molecule has 1 aliphatic heterocycles. The number of carboxylic acid groups (broad SMARTS) is 1. The van der Waals surface area contributed by atoms with Crippen LogP contribution >= 0.6 is 0 Å². The summed E-state index contributed by atoms with van der Waals surface area (Å²) < 4.78 is 40.7. The Kier molecular flexibility index (Phi) is 5.79. The molecule has 1 aliphatic rings. The summed E-state index contributed by atoms with van der Waals surface area (Å²) in [5.41, 5.74) is 0.274. The second-order valence-corrected chi connectivity index (χ2v) is 6.77. The minimum Gasteiger partial charge on any atom is -0.481 e. The van der Waals surface area contributed by atoms with E-state index in [0.717, 1.165) is 6.07 Å². The first-order valence-corrected chi connectivity index (χ1v) is 8.89. The predicted molar refractivity (Wildman–Crippen MR) is 94.1 cm³/mol. The fraction of sp³-hybridized carbons (Fsp3) is 0.400. The summed E-state index contributed by atoms with van der Waals surface area (Å²) in [6.45, 7) is 0.890. The Balaban J connectivity index is 1.93. The van der Waals surface area contributed by atoms with E-state index in [4.69, 9.17) is 0 Å². The average molecular weight is 378 g/mol. The van der Waals surface area contributed by atoms with E-state index in [0.29, 0.717) is 38.0 Å². The van der Waals surface area contributed by atoms with Crippen LogP contribution in [0.5, 0.6) is 0 Å². The first-order valence-electron chi connectivity index (χ1n) is 8.89. The molecule has 3 rings (SSSR count). The SMILES string of the molecule is O=C(O)C1CCN(C(Cc2ccccn2)c2ccccc2C(F)(F)F)CC1. The normalized spacial score (nSPS) is 17.6. The number of pyridine rings is 1. The summed E-state index contributed by atoms with van der Waals surface area (Å²) in [7, 11) is 0. The zero-order valence-electron chi connectivity index (χ0n) is 14.7. The third kappa shape index (κ3) is 4.66. The van der Waals surface area contributed by atoms with Gasteiger partial charge in [-0.3, -0.25) is 14.7 Å². The molecule has 2 heterocycles. The number of benzene rings is 1. The number of piperidine rings is 1. The van der Waals surface area contributed by atoms with Crippen LogP contribution in [-0.2, 0) is 17.4 Å². The summed E-state index contributed by atoms with van der Waals surface area (Å²) >= 11 is 0. The largest absolute Gasteiger partial charge is 0.481 e. The molecule has 2 aromatic rings. The van der Waals surface area contributed by atoms with Gasteiger partial charge in [0.1, 0.15) is 0 Å². The lowest BCUT2D eigenvalue weighted by molar-refractivity contribution is -0.143. The second kappa shape index (κ2) is 8.08. The van der Waals surface area contributed by atoms with Gasteiger partial charge in [0.05, 0.1) is 11.5 Å². The molecule has 1 N–H and O–H groups in total. The van der Waals surface area contributed by atoms with Crippen molar-refractivity contribution in [3.05, 3.63) is 65.5 Å². The van der Waals surface area contributed by atoms with E-state index in [2.05, 4.69) is 4.98 Å². The van der Waals surface area contributed by atoms with E-state index >= 15 is 0 Å². The van der Waals surface area contributed by atoms with E-state index in [9.17, 15) is 23.1 Å². The molecule has 0 amide bonds. The van der Waals surface area contributed by atoms with Crippen molar-refractivity contribution in [2.45, 2.75) is 31.5 Å². The van der Waals surface area contributed by atoms with Crippen LogP contribution in [0.2, 0.25) is 0 Å². The lowest BCUT2D eigenvalue weighted by atomic mass is 9.90. The Morgan fingerprint density at radius 2 is 1.81 bits per heavy atom. The van der Waals surface area contributed by atoms with E-state index < -0.39 is 29.7 Å². The summed E-state index contributed by atoms with van der Waals surface area (Å²) in [5.74, 6) is -1.28. The highest BCUT2D eigenvalue weighted by atomic mass is 19.4. The molecule has 1 unspecified atom stereocenters. The number of likely N-dealkylation sites (tertiary alicyclic amines) is 1. The van der Waals surface area contributed by atoms with E-state index in [1.807, 2.05) is 11.0 Å². The zero-order valence-corrected chi connectivity index (χ0v) is 14.7. The van der Waals surface area contributed by atoms with Crippen molar-refractivity contribution >= 4 is 5.97 Å². The van der Waals surface area contributed by atoms with Crippen LogP contribution in [0.4, 0.5) is 13.2 Å². The number of hydrogen-bond donors (Lipinski definition) is 1. The maximum atomic E-state index is 13.6. The van der Waals surface area contributed by atoms with Crippen LogP contribution in [0.25, 0.3) is 0 Å². The van der Waals surface area contributed by atoms with Crippen molar-refractivity contribution in [2.75, 3.05) is 13.1 Å². The fourth-order valence-electron chi connectivity index (χ4n) is 3.66. The Labute approximate surface area is 155 Å². The Morgan fingerprint density at radius 1 is 1.15 bits per heavy atom. The van der Waals surface area contributed by atoms with Crippen LogP contribution < -0.4 is 0 Å². The molecule has 1 aromatic heterocycles. The Bertz CT molecular complexity index is 772. The van der Waals surface area contributed by atoms with Gasteiger partial charge in [0.25, 0.3) is 0 Å². The highest BCUT2D eigenvalue weighted by Gasteiger charge is 2.37. The molecule has 1 atom stereocenters. The molecule has 0 aliphatic carbocycles. The van der Waals surface area contributed by atoms with Gasteiger partial charge in [-0.25, -0.2) is 0 Å². The molecule has 27 heavy (non-hydrogen) atoms. The Hall–Kier alpha value is -2.41. The van der Waals surface area contributed by atoms with E-state index in [-0.39, 0.29) is 5.56 Å². The molecule has 4 nitrogen and oxygen atoms in total. The number of nitrogens with zero attached hydrogens (tertiary/aromatic N) is 2. The molecule has 1 aromatic carbocycles.